The van der Waals surface area contributed by atoms with Gasteiger partial charge < -0.3 is 9.64 Å². The highest BCUT2D eigenvalue weighted by Gasteiger charge is 2.09. The summed E-state index contributed by atoms with van der Waals surface area (Å²) in [6.45, 7) is 2.46. The van der Waals surface area contributed by atoms with E-state index in [2.05, 4.69) is 31.9 Å². The monoisotopic (exact) mass is 341 g/mol. The van der Waals surface area contributed by atoms with Crippen molar-refractivity contribution in [1.29, 1.82) is 0 Å². The summed E-state index contributed by atoms with van der Waals surface area (Å²) >= 11 is 6.17. The number of esters is 1. The number of nitrogens with zero attached hydrogens (tertiary/aromatic N) is 1. The first-order chi connectivity index (χ1) is 6.97. The molecule has 4 nitrogen and oxygen atoms in total. The SMILES string of the molecule is CCOC(=O)CCN(C)C(=O)C=C(Br)Br. The van der Waals surface area contributed by atoms with Crippen molar-refractivity contribution in [1.82, 2.24) is 4.90 Å². The van der Waals surface area contributed by atoms with Gasteiger partial charge >= 0.3 is 5.97 Å². The fraction of sp³-hybridized carbons (Fsp3) is 0.556. The highest BCUT2D eigenvalue weighted by molar-refractivity contribution is 9.28. The molecule has 0 bridgehead atoms. The second kappa shape index (κ2) is 7.87. The van der Waals surface area contributed by atoms with Crippen LogP contribution >= 0.6 is 31.9 Å². The van der Waals surface area contributed by atoms with Gasteiger partial charge in [0.1, 0.15) is 0 Å². The van der Waals surface area contributed by atoms with Crippen LogP contribution in [0.3, 0.4) is 0 Å². The standard InChI is InChI=1S/C9H13Br2NO3/c1-3-15-9(14)4-5-12(2)8(13)6-7(10)11/h6H,3-5H2,1-2H3. The Morgan fingerprint density at radius 1 is 1.40 bits per heavy atom. The predicted molar refractivity (Wildman–Crippen MR) is 64.8 cm³/mol. The number of rotatable bonds is 5. The molecule has 0 heterocycles. The lowest BCUT2D eigenvalue weighted by Gasteiger charge is -2.14. The molecule has 0 aromatic heterocycles. The van der Waals surface area contributed by atoms with Gasteiger partial charge in [0.25, 0.3) is 0 Å². The fourth-order valence-electron chi connectivity index (χ4n) is 0.806. The largest absolute Gasteiger partial charge is 0.466 e. The first-order valence-electron chi connectivity index (χ1n) is 4.40. The molecule has 0 aromatic carbocycles. The van der Waals surface area contributed by atoms with E-state index < -0.39 is 0 Å². The Labute approximate surface area is 106 Å². The molecule has 0 radical (unpaired) electrons. The van der Waals surface area contributed by atoms with E-state index in [-0.39, 0.29) is 18.3 Å². The van der Waals surface area contributed by atoms with Gasteiger partial charge in [-0.15, -0.1) is 0 Å². The third kappa shape index (κ3) is 7.56. The van der Waals surface area contributed by atoms with Crippen molar-refractivity contribution in [2.45, 2.75) is 13.3 Å². The molecule has 0 aliphatic carbocycles. The second-order valence-corrected chi connectivity index (χ2v) is 5.52. The number of carbonyl (C=O) groups is 2. The Hall–Kier alpha value is -0.360. The quantitative estimate of drug-likeness (QED) is 0.567. The van der Waals surface area contributed by atoms with E-state index in [1.807, 2.05) is 0 Å². The van der Waals surface area contributed by atoms with Crippen LogP contribution in [-0.2, 0) is 14.3 Å². The minimum absolute atomic E-state index is 0.178. The zero-order chi connectivity index (χ0) is 11.8. The molecular formula is C9H13Br2NO3. The molecule has 0 rings (SSSR count). The first-order valence-corrected chi connectivity index (χ1v) is 5.99. The molecule has 86 valence electrons. The van der Waals surface area contributed by atoms with Crippen LogP contribution in [0.1, 0.15) is 13.3 Å². The summed E-state index contributed by atoms with van der Waals surface area (Å²) in [5, 5.41) is 0. The van der Waals surface area contributed by atoms with Crippen molar-refractivity contribution in [3.05, 3.63) is 9.47 Å². The van der Waals surface area contributed by atoms with Gasteiger partial charge in [0, 0.05) is 19.7 Å². The molecule has 0 aromatic rings. The van der Waals surface area contributed by atoms with Crippen LogP contribution in [0.5, 0.6) is 0 Å². The number of hydrogen-bond donors (Lipinski definition) is 0. The smallest absolute Gasteiger partial charge is 0.307 e. The third-order valence-electron chi connectivity index (χ3n) is 1.57. The van der Waals surface area contributed by atoms with Gasteiger partial charge in [-0.1, -0.05) is 0 Å². The third-order valence-corrected chi connectivity index (χ3v) is 2.02. The Kier molecular flexibility index (Phi) is 7.68. The van der Waals surface area contributed by atoms with Gasteiger partial charge in [0.2, 0.25) is 5.91 Å². The zero-order valence-corrected chi connectivity index (χ0v) is 11.8. The van der Waals surface area contributed by atoms with Crippen molar-refractivity contribution in [3.63, 3.8) is 0 Å². The summed E-state index contributed by atoms with van der Waals surface area (Å²) in [4.78, 5) is 23.8. The van der Waals surface area contributed by atoms with E-state index in [4.69, 9.17) is 4.74 Å². The molecule has 0 aliphatic rings. The van der Waals surface area contributed by atoms with Crippen molar-refractivity contribution in [2.24, 2.45) is 0 Å². The number of amides is 1. The van der Waals surface area contributed by atoms with Crippen molar-refractivity contribution in [2.75, 3.05) is 20.2 Å². The molecule has 0 aliphatic heterocycles. The van der Waals surface area contributed by atoms with Crippen LogP contribution in [0.2, 0.25) is 0 Å². The van der Waals surface area contributed by atoms with E-state index >= 15 is 0 Å². The summed E-state index contributed by atoms with van der Waals surface area (Å²) in [5.41, 5.74) is 0. The van der Waals surface area contributed by atoms with E-state index in [1.165, 1.54) is 11.0 Å². The molecule has 0 fully saturated rings. The number of halogens is 2. The molecule has 0 saturated carbocycles. The molecular weight excluding hydrogens is 330 g/mol. The normalized spacial score (nSPS) is 9.33. The Morgan fingerprint density at radius 2 is 2.00 bits per heavy atom. The van der Waals surface area contributed by atoms with Gasteiger partial charge in [-0.25, -0.2) is 0 Å². The van der Waals surface area contributed by atoms with Crippen molar-refractivity contribution < 1.29 is 14.3 Å². The van der Waals surface area contributed by atoms with E-state index in [9.17, 15) is 9.59 Å². The van der Waals surface area contributed by atoms with Crippen LogP contribution in [-0.4, -0.2) is 37.0 Å². The minimum atomic E-state index is -0.293. The average molecular weight is 343 g/mol. The number of likely N-dealkylation sites (N-methyl/N-ethyl adjacent to an activating group) is 1. The predicted octanol–water partition coefficient (Wildman–Crippen LogP) is 2.03. The molecule has 0 saturated heterocycles. The average Bonchev–Trinajstić information content (AvgIpc) is 2.13. The fourth-order valence-corrected chi connectivity index (χ4v) is 1.20. The van der Waals surface area contributed by atoms with Crippen LogP contribution in [0, 0.1) is 0 Å². The van der Waals surface area contributed by atoms with Crippen LogP contribution < -0.4 is 0 Å². The van der Waals surface area contributed by atoms with Gasteiger partial charge in [0.15, 0.2) is 0 Å². The topological polar surface area (TPSA) is 46.6 Å². The van der Waals surface area contributed by atoms with Crippen molar-refractivity contribution in [3.8, 4) is 0 Å². The molecule has 0 unspecified atom stereocenters. The van der Waals surface area contributed by atoms with E-state index in [0.717, 1.165) is 0 Å². The van der Waals surface area contributed by atoms with Gasteiger partial charge in [-0.05, 0) is 38.8 Å². The Bertz CT molecular complexity index is 262. The maximum Gasteiger partial charge on any atom is 0.307 e. The van der Waals surface area contributed by atoms with E-state index in [0.29, 0.717) is 16.5 Å². The highest BCUT2D eigenvalue weighted by atomic mass is 79.9. The van der Waals surface area contributed by atoms with Gasteiger partial charge in [-0.3, -0.25) is 9.59 Å². The minimum Gasteiger partial charge on any atom is -0.466 e. The Balaban J connectivity index is 3.93. The lowest BCUT2D eigenvalue weighted by Crippen LogP contribution is -2.27. The van der Waals surface area contributed by atoms with Gasteiger partial charge in [0.05, 0.1) is 16.4 Å². The maximum atomic E-state index is 11.4. The lowest BCUT2D eigenvalue weighted by atomic mass is 10.4. The second-order valence-electron chi connectivity index (χ2n) is 2.75. The molecule has 0 atom stereocenters. The Morgan fingerprint density at radius 3 is 2.47 bits per heavy atom. The summed E-state index contributed by atoms with van der Waals surface area (Å²) in [6.07, 6.45) is 1.59. The van der Waals surface area contributed by atoms with Crippen molar-refractivity contribution >= 4 is 43.7 Å². The number of carbonyl (C=O) groups excluding carboxylic acids is 2. The van der Waals surface area contributed by atoms with Crippen LogP contribution in [0.4, 0.5) is 0 Å². The first kappa shape index (κ1) is 14.6. The summed E-state index contributed by atoms with van der Waals surface area (Å²) in [5.74, 6) is -0.470. The molecule has 15 heavy (non-hydrogen) atoms. The van der Waals surface area contributed by atoms with Crippen LogP contribution in [0.15, 0.2) is 9.47 Å². The number of ether oxygens (including phenoxy) is 1. The maximum absolute atomic E-state index is 11.4. The number of hydrogen-bond acceptors (Lipinski definition) is 3. The molecule has 0 spiro atoms. The molecule has 6 heteroatoms. The summed E-state index contributed by atoms with van der Waals surface area (Å²) < 4.78 is 5.31. The zero-order valence-electron chi connectivity index (χ0n) is 8.63. The van der Waals surface area contributed by atoms with E-state index in [1.54, 1.807) is 14.0 Å². The highest BCUT2D eigenvalue weighted by Crippen LogP contribution is 2.12. The lowest BCUT2D eigenvalue weighted by molar-refractivity contribution is -0.143. The summed E-state index contributed by atoms with van der Waals surface area (Å²) in [7, 11) is 1.63. The van der Waals surface area contributed by atoms with Crippen LogP contribution in [0.25, 0.3) is 0 Å². The molecule has 0 N–H and O–H groups in total. The van der Waals surface area contributed by atoms with Gasteiger partial charge in [-0.2, -0.15) is 0 Å². The summed E-state index contributed by atoms with van der Waals surface area (Å²) in [6, 6.07) is 0. The molecule has 1 amide bonds.